The Labute approximate surface area is 194 Å². The van der Waals surface area contributed by atoms with Gasteiger partial charge in [0.25, 0.3) is 0 Å². The lowest BCUT2D eigenvalue weighted by Gasteiger charge is -2.15. The van der Waals surface area contributed by atoms with Crippen molar-refractivity contribution in [2.24, 2.45) is 7.05 Å². The number of carbonyl (C=O) groups excluding carboxylic acids is 1. The normalized spacial score (nSPS) is 12.3. The highest BCUT2D eigenvalue weighted by atomic mass is 35.5. The first-order valence-electron chi connectivity index (χ1n) is 9.64. The van der Waals surface area contributed by atoms with Crippen molar-refractivity contribution in [2.75, 3.05) is 16.3 Å². The quantitative estimate of drug-likeness (QED) is 0.473. The van der Waals surface area contributed by atoms with Crippen molar-refractivity contribution in [3.63, 3.8) is 0 Å². The van der Waals surface area contributed by atoms with E-state index in [9.17, 15) is 17.6 Å². The molecule has 1 amide bonds. The topological polar surface area (TPSA) is 141 Å². The van der Waals surface area contributed by atoms with Crippen molar-refractivity contribution in [3.8, 4) is 11.4 Å². The zero-order valence-electron chi connectivity index (χ0n) is 18.1. The fraction of sp³-hybridized carbons (Fsp3) is 0.316. The third kappa shape index (κ3) is 5.93. The Morgan fingerprint density at radius 1 is 1.36 bits per heavy atom. The molecule has 11 nitrogen and oxygen atoms in total. The number of hydrogen-bond acceptors (Lipinski definition) is 8. The van der Waals surface area contributed by atoms with Gasteiger partial charge in [-0.3, -0.25) is 10.0 Å². The molecule has 33 heavy (non-hydrogen) atoms. The zero-order valence-corrected chi connectivity index (χ0v) is 19.7. The van der Waals surface area contributed by atoms with Gasteiger partial charge in [0, 0.05) is 12.6 Å². The van der Waals surface area contributed by atoms with Crippen LogP contribution in [-0.4, -0.2) is 45.7 Å². The van der Waals surface area contributed by atoms with Gasteiger partial charge in [0.1, 0.15) is 17.1 Å². The van der Waals surface area contributed by atoms with E-state index in [-0.39, 0.29) is 22.2 Å². The van der Waals surface area contributed by atoms with Gasteiger partial charge in [-0.1, -0.05) is 23.7 Å². The summed E-state index contributed by atoms with van der Waals surface area (Å²) >= 11 is 5.96. The fourth-order valence-corrected chi connectivity index (χ4v) is 3.78. The summed E-state index contributed by atoms with van der Waals surface area (Å²) in [6.07, 6.45) is 0.694. The zero-order chi connectivity index (χ0) is 24.3. The molecule has 2 N–H and O–H groups in total. The molecule has 0 aliphatic carbocycles. The van der Waals surface area contributed by atoms with Crippen LogP contribution in [0.3, 0.4) is 0 Å². The number of amides is 1. The largest absolute Gasteiger partial charge is 0.441 e. The standard InChI is InChI=1S/C19H21ClFN7O4S/c1-5-13-14(26-33(4,30)31)6-7-15(23-13)16-18(28(3)27-25-16)24-19(29)32-10(2)12-8-11(21)9-22-17(12)20/h6-10,26H,5H2,1-4H3,(H,24,29). The monoisotopic (exact) mass is 497 g/mol. The smallest absolute Gasteiger partial charge is 0.413 e. The highest BCUT2D eigenvalue weighted by Gasteiger charge is 2.21. The van der Waals surface area contributed by atoms with E-state index in [4.69, 9.17) is 16.3 Å². The minimum atomic E-state index is -3.48. The Morgan fingerprint density at radius 2 is 2.09 bits per heavy atom. The lowest BCUT2D eigenvalue weighted by molar-refractivity contribution is 0.120. The SMILES string of the molecule is CCc1nc(-c2nnn(C)c2NC(=O)OC(C)c2cc(F)cnc2Cl)ccc1NS(C)(=O)=O. The van der Waals surface area contributed by atoms with Crippen molar-refractivity contribution in [1.82, 2.24) is 25.0 Å². The molecule has 0 spiro atoms. The lowest BCUT2D eigenvalue weighted by Crippen LogP contribution is -2.19. The van der Waals surface area contributed by atoms with Crippen LogP contribution in [0.1, 0.15) is 31.2 Å². The van der Waals surface area contributed by atoms with Crippen molar-refractivity contribution in [1.29, 1.82) is 0 Å². The van der Waals surface area contributed by atoms with E-state index in [1.807, 2.05) is 6.92 Å². The Kier molecular flexibility index (Phi) is 7.12. The molecule has 0 saturated heterocycles. The third-order valence-corrected chi connectivity index (χ3v) is 5.36. The fourth-order valence-electron chi connectivity index (χ4n) is 2.94. The number of anilines is 2. The van der Waals surface area contributed by atoms with E-state index in [2.05, 4.69) is 30.3 Å². The molecular formula is C19H21ClFN7O4S. The van der Waals surface area contributed by atoms with Gasteiger partial charge in [-0.05, 0) is 31.5 Å². The van der Waals surface area contributed by atoms with Crippen molar-refractivity contribution < 1.29 is 22.3 Å². The van der Waals surface area contributed by atoms with Crippen LogP contribution < -0.4 is 10.0 Å². The number of aromatic nitrogens is 5. The minimum Gasteiger partial charge on any atom is -0.441 e. The van der Waals surface area contributed by atoms with Crippen LogP contribution in [0.4, 0.5) is 20.7 Å². The van der Waals surface area contributed by atoms with Gasteiger partial charge in [0.15, 0.2) is 11.5 Å². The number of sulfonamides is 1. The number of nitrogens with zero attached hydrogens (tertiary/aromatic N) is 5. The summed E-state index contributed by atoms with van der Waals surface area (Å²) in [6, 6.07) is 4.24. The Hall–Kier alpha value is -3.32. The van der Waals surface area contributed by atoms with Crippen LogP contribution in [0.25, 0.3) is 11.4 Å². The van der Waals surface area contributed by atoms with Gasteiger partial charge in [-0.25, -0.2) is 32.3 Å². The summed E-state index contributed by atoms with van der Waals surface area (Å²) in [5, 5.41) is 10.5. The summed E-state index contributed by atoms with van der Waals surface area (Å²) in [6.45, 7) is 3.34. The maximum atomic E-state index is 13.5. The maximum Gasteiger partial charge on any atom is 0.413 e. The molecule has 3 aromatic rings. The van der Waals surface area contributed by atoms with Crippen molar-refractivity contribution in [3.05, 3.63) is 46.6 Å². The van der Waals surface area contributed by atoms with E-state index < -0.39 is 28.0 Å². The lowest BCUT2D eigenvalue weighted by atomic mass is 10.2. The highest BCUT2D eigenvalue weighted by Crippen LogP contribution is 2.28. The van der Waals surface area contributed by atoms with Crippen LogP contribution in [0.2, 0.25) is 5.15 Å². The second kappa shape index (κ2) is 9.67. The Bertz CT molecular complexity index is 1300. The van der Waals surface area contributed by atoms with E-state index >= 15 is 0 Å². The summed E-state index contributed by atoms with van der Waals surface area (Å²) < 4.78 is 45.7. The average molecular weight is 498 g/mol. The third-order valence-electron chi connectivity index (χ3n) is 4.45. The molecule has 0 aliphatic heterocycles. The molecular weight excluding hydrogens is 477 g/mol. The second-order valence-electron chi connectivity index (χ2n) is 7.03. The molecule has 3 heterocycles. The summed E-state index contributed by atoms with van der Waals surface area (Å²) in [5.74, 6) is -0.427. The number of rotatable bonds is 7. The van der Waals surface area contributed by atoms with Gasteiger partial charge >= 0.3 is 6.09 Å². The predicted molar refractivity (Wildman–Crippen MR) is 120 cm³/mol. The van der Waals surface area contributed by atoms with E-state index in [0.29, 0.717) is 23.5 Å². The molecule has 0 radical (unpaired) electrons. The van der Waals surface area contributed by atoms with Crippen LogP contribution in [0.15, 0.2) is 24.4 Å². The van der Waals surface area contributed by atoms with Gasteiger partial charge < -0.3 is 4.74 Å². The Balaban J connectivity index is 1.84. The van der Waals surface area contributed by atoms with Crippen LogP contribution >= 0.6 is 11.6 Å². The van der Waals surface area contributed by atoms with Gasteiger partial charge in [-0.2, -0.15) is 0 Å². The maximum absolute atomic E-state index is 13.5. The Morgan fingerprint density at radius 3 is 2.76 bits per heavy atom. The molecule has 3 rings (SSSR count). The number of ether oxygens (including phenoxy) is 1. The molecule has 0 saturated carbocycles. The molecule has 1 atom stereocenters. The summed E-state index contributed by atoms with van der Waals surface area (Å²) in [4.78, 5) is 20.7. The predicted octanol–water partition coefficient (Wildman–Crippen LogP) is 3.31. The van der Waals surface area contributed by atoms with Crippen molar-refractivity contribution in [2.45, 2.75) is 26.4 Å². The van der Waals surface area contributed by atoms with Crippen LogP contribution in [-0.2, 0) is 28.2 Å². The first kappa shape index (κ1) is 24.3. The van der Waals surface area contributed by atoms with Crippen LogP contribution in [0, 0.1) is 5.82 Å². The number of pyridine rings is 2. The van der Waals surface area contributed by atoms with Gasteiger partial charge in [0.2, 0.25) is 10.0 Å². The van der Waals surface area contributed by atoms with Crippen molar-refractivity contribution >= 4 is 39.2 Å². The molecule has 3 aromatic heterocycles. The number of aryl methyl sites for hydroxylation is 2. The molecule has 14 heteroatoms. The average Bonchev–Trinajstić information content (AvgIpc) is 3.09. The van der Waals surface area contributed by atoms with Gasteiger partial charge in [0.05, 0.1) is 29.5 Å². The molecule has 0 fully saturated rings. The van der Waals surface area contributed by atoms with E-state index in [0.717, 1.165) is 18.5 Å². The number of carbonyl (C=O) groups is 1. The molecule has 0 aromatic carbocycles. The van der Waals surface area contributed by atoms with E-state index in [1.165, 1.54) is 11.6 Å². The van der Waals surface area contributed by atoms with Crippen LogP contribution in [0.5, 0.6) is 0 Å². The summed E-state index contributed by atoms with van der Waals surface area (Å²) in [7, 11) is -1.92. The minimum absolute atomic E-state index is 0.0127. The molecule has 0 aliphatic rings. The number of halogens is 2. The second-order valence-corrected chi connectivity index (χ2v) is 9.14. The first-order chi connectivity index (χ1) is 15.5. The first-order valence-corrected chi connectivity index (χ1v) is 11.9. The molecule has 0 bridgehead atoms. The number of hydrogen-bond donors (Lipinski definition) is 2. The van der Waals surface area contributed by atoms with E-state index in [1.54, 1.807) is 19.2 Å². The highest BCUT2D eigenvalue weighted by molar-refractivity contribution is 7.92. The number of nitrogens with one attached hydrogen (secondary N) is 2. The van der Waals surface area contributed by atoms with Gasteiger partial charge in [-0.15, -0.1) is 5.10 Å². The summed E-state index contributed by atoms with van der Waals surface area (Å²) in [5.41, 5.74) is 1.64. The molecule has 1 unspecified atom stereocenters. The molecule has 176 valence electrons.